The van der Waals surface area contributed by atoms with E-state index >= 15 is 0 Å². The van der Waals surface area contributed by atoms with Crippen LogP contribution in [-0.2, 0) is 13.7 Å². The molecule has 112 valence electrons. The smallest absolute Gasteiger partial charge is 0.119 e. The fraction of sp³-hybridized carbons (Fsp3) is 0.438. The SMILES string of the molecule is Cn1cc(COc2ccc(N3CCCNCC3)cc2)cn1. The first-order valence-electron chi connectivity index (χ1n) is 7.47. The van der Waals surface area contributed by atoms with Crippen LogP contribution in [0.5, 0.6) is 5.75 Å². The first-order chi connectivity index (χ1) is 10.3. The Labute approximate surface area is 125 Å². The van der Waals surface area contributed by atoms with Gasteiger partial charge in [0, 0.05) is 44.1 Å². The van der Waals surface area contributed by atoms with Gasteiger partial charge in [-0.3, -0.25) is 4.68 Å². The van der Waals surface area contributed by atoms with Gasteiger partial charge in [-0.1, -0.05) is 0 Å². The van der Waals surface area contributed by atoms with Crippen LogP contribution < -0.4 is 15.0 Å². The van der Waals surface area contributed by atoms with Crippen LogP contribution in [0, 0.1) is 0 Å². The van der Waals surface area contributed by atoms with Crippen molar-refractivity contribution in [3.63, 3.8) is 0 Å². The molecule has 1 aliphatic rings. The van der Waals surface area contributed by atoms with Gasteiger partial charge in [0.15, 0.2) is 0 Å². The Morgan fingerprint density at radius 1 is 1.19 bits per heavy atom. The van der Waals surface area contributed by atoms with Crippen LogP contribution in [0.2, 0.25) is 0 Å². The highest BCUT2D eigenvalue weighted by Crippen LogP contribution is 2.20. The van der Waals surface area contributed by atoms with Crippen LogP contribution in [0.4, 0.5) is 5.69 Å². The van der Waals surface area contributed by atoms with Gasteiger partial charge < -0.3 is 15.0 Å². The molecule has 2 aromatic rings. The molecule has 5 nitrogen and oxygen atoms in total. The Bertz CT molecular complexity index is 556. The normalized spacial score (nSPS) is 15.8. The van der Waals surface area contributed by atoms with Crippen LogP contribution in [0.15, 0.2) is 36.7 Å². The quantitative estimate of drug-likeness (QED) is 0.930. The lowest BCUT2D eigenvalue weighted by atomic mass is 10.2. The van der Waals surface area contributed by atoms with E-state index in [1.165, 1.54) is 12.1 Å². The minimum atomic E-state index is 0.556. The Balaban J connectivity index is 1.58. The van der Waals surface area contributed by atoms with Gasteiger partial charge in [0.25, 0.3) is 0 Å². The van der Waals surface area contributed by atoms with Crippen LogP contribution in [-0.4, -0.2) is 36.0 Å². The van der Waals surface area contributed by atoms with E-state index in [4.69, 9.17) is 4.74 Å². The van der Waals surface area contributed by atoms with Crippen molar-refractivity contribution in [2.24, 2.45) is 7.05 Å². The maximum atomic E-state index is 5.79. The van der Waals surface area contributed by atoms with E-state index in [1.807, 2.05) is 31.6 Å². The maximum absolute atomic E-state index is 5.79. The van der Waals surface area contributed by atoms with Crippen LogP contribution >= 0.6 is 0 Å². The number of benzene rings is 1. The molecule has 1 fully saturated rings. The van der Waals surface area contributed by atoms with Crippen molar-refractivity contribution in [3.05, 3.63) is 42.2 Å². The van der Waals surface area contributed by atoms with Crippen molar-refractivity contribution in [2.45, 2.75) is 13.0 Å². The molecule has 1 aromatic heterocycles. The summed E-state index contributed by atoms with van der Waals surface area (Å²) < 4.78 is 7.58. The lowest BCUT2D eigenvalue weighted by molar-refractivity contribution is 0.306. The zero-order valence-electron chi connectivity index (χ0n) is 12.5. The Morgan fingerprint density at radius 2 is 2.05 bits per heavy atom. The second-order valence-electron chi connectivity index (χ2n) is 5.40. The van der Waals surface area contributed by atoms with Crippen LogP contribution in [0.1, 0.15) is 12.0 Å². The number of aromatic nitrogens is 2. The predicted molar refractivity (Wildman–Crippen MR) is 83.7 cm³/mol. The zero-order valence-corrected chi connectivity index (χ0v) is 12.5. The third kappa shape index (κ3) is 3.76. The molecule has 5 heteroatoms. The topological polar surface area (TPSA) is 42.3 Å². The summed E-state index contributed by atoms with van der Waals surface area (Å²) in [6, 6.07) is 8.38. The standard InChI is InChI=1S/C16H22N4O/c1-19-12-14(11-18-19)13-21-16-5-3-15(4-6-16)20-9-2-7-17-8-10-20/h3-6,11-12,17H,2,7-10,13H2,1H3. The van der Waals surface area contributed by atoms with E-state index in [-0.39, 0.29) is 0 Å². The highest BCUT2D eigenvalue weighted by molar-refractivity contribution is 5.49. The first-order valence-corrected chi connectivity index (χ1v) is 7.47. The molecule has 0 unspecified atom stereocenters. The van der Waals surface area contributed by atoms with Gasteiger partial charge in [-0.15, -0.1) is 0 Å². The average Bonchev–Trinajstić information content (AvgIpc) is 2.76. The van der Waals surface area contributed by atoms with Crippen molar-refractivity contribution < 1.29 is 4.74 Å². The molecular weight excluding hydrogens is 264 g/mol. The molecular formula is C16H22N4O. The summed E-state index contributed by atoms with van der Waals surface area (Å²) in [5, 5.41) is 7.56. The second kappa shape index (κ2) is 6.63. The van der Waals surface area contributed by atoms with E-state index < -0.39 is 0 Å². The van der Waals surface area contributed by atoms with Gasteiger partial charge in [0.05, 0.1) is 6.20 Å². The number of anilines is 1. The lowest BCUT2D eigenvalue weighted by Gasteiger charge is -2.22. The van der Waals surface area contributed by atoms with Crippen LogP contribution in [0.25, 0.3) is 0 Å². The van der Waals surface area contributed by atoms with Gasteiger partial charge in [0.1, 0.15) is 12.4 Å². The minimum absolute atomic E-state index is 0.556. The molecule has 1 aromatic carbocycles. The summed E-state index contributed by atoms with van der Waals surface area (Å²) >= 11 is 0. The number of hydrogen-bond donors (Lipinski definition) is 1. The summed E-state index contributed by atoms with van der Waals surface area (Å²) in [7, 11) is 1.91. The third-order valence-electron chi connectivity index (χ3n) is 3.71. The highest BCUT2D eigenvalue weighted by atomic mass is 16.5. The second-order valence-corrected chi connectivity index (χ2v) is 5.40. The minimum Gasteiger partial charge on any atom is -0.489 e. The fourth-order valence-electron chi connectivity index (χ4n) is 2.57. The first kappa shape index (κ1) is 13.9. The van der Waals surface area contributed by atoms with E-state index in [2.05, 4.69) is 27.4 Å². The molecule has 1 saturated heterocycles. The van der Waals surface area contributed by atoms with E-state index in [1.54, 1.807) is 4.68 Å². The summed E-state index contributed by atoms with van der Waals surface area (Å²) in [5.41, 5.74) is 2.35. The average molecular weight is 286 g/mol. The molecule has 21 heavy (non-hydrogen) atoms. The van der Waals surface area contributed by atoms with Crippen molar-refractivity contribution in [1.29, 1.82) is 0 Å². The molecule has 3 rings (SSSR count). The summed E-state index contributed by atoms with van der Waals surface area (Å²) in [5.74, 6) is 0.899. The van der Waals surface area contributed by atoms with Gasteiger partial charge in [-0.05, 0) is 37.2 Å². The molecule has 0 bridgehead atoms. The van der Waals surface area contributed by atoms with Crippen molar-refractivity contribution in [1.82, 2.24) is 15.1 Å². The molecule has 1 N–H and O–H groups in total. The molecule has 0 aliphatic carbocycles. The molecule has 1 aliphatic heterocycles. The van der Waals surface area contributed by atoms with E-state index in [9.17, 15) is 0 Å². The molecule has 0 saturated carbocycles. The predicted octanol–water partition coefficient (Wildman–Crippen LogP) is 1.80. The lowest BCUT2D eigenvalue weighted by Crippen LogP contribution is -2.27. The number of aryl methyl sites for hydroxylation is 1. The molecule has 0 spiro atoms. The molecule has 0 amide bonds. The number of nitrogens with zero attached hydrogens (tertiary/aromatic N) is 3. The highest BCUT2D eigenvalue weighted by Gasteiger charge is 2.09. The van der Waals surface area contributed by atoms with Gasteiger partial charge in [0.2, 0.25) is 0 Å². The van der Waals surface area contributed by atoms with Gasteiger partial charge >= 0.3 is 0 Å². The van der Waals surface area contributed by atoms with Crippen LogP contribution in [0.3, 0.4) is 0 Å². The molecule has 0 atom stereocenters. The third-order valence-corrected chi connectivity index (χ3v) is 3.71. The summed E-state index contributed by atoms with van der Waals surface area (Å²) in [4.78, 5) is 2.42. The number of nitrogens with one attached hydrogen (secondary N) is 1. The van der Waals surface area contributed by atoms with Crippen molar-refractivity contribution in [2.75, 3.05) is 31.1 Å². The van der Waals surface area contributed by atoms with Crippen molar-refractivity contribution >= 4 is 5.69 Å². The monoisotopic (exact) mass is 286 g/mol. The Morgan fingerprint density at radius 3 is 2.81 bits per heavy atom. The fourth-order valence-corrected chi connectivity index (χ4v) is 2.57. The largest absolute Gasteiger partial charge is 0.489 e. The van der Waals surface area contributed by atoms with Gasteiger partial charge in [-0.2, -0.15) is 5.10 Å². The van der Waals surface area contributed by atoms with Gasteiger partial charge in [-0.25, -0.2) is 0 Å². The maximum Gasteiger partial charge on any atom is 0.119 e. The zero-order chi connectivity index (χ0) is 14.5. The number of rotatable bonds is 4. The van der Waals surface area contributed by atoms with Crippen molar-refractivity contribution in [3.8, 4) is 5.75 Å². The summed E-state index contributed by atoms with van der Waals surface area (Å²) in [6.45, 7) is 4.90. The van der Waals surface area contributed by atoms with E-state index in [0.29, 0.717) is 6.61 Å². The molecule has 2 heterocycles. The Kier molecular flexibility index (Phi) is 4.40. The number of hydrogen-bond acceptors (Lipinski definition) is 4. The Hall–Kier alpha value is -2.01. The summed E-state index contributed by atoms with van der Waals surface area (Å²) in [6.07, 6.45) is 5.00. The number of ether oxygens (including phenoxy) is 1. The molecule has 0 radical (unpaired) electrons. The van der Waals surface area contributed by atoms with E-state index in [0.717, 1.165) is 37.5 Å².